The summed E-state index contributed by atoms with van der Waals surface area (Å²) in [4.78, 5) is 0. The van der Waals surface area contributed by atoms with Gasteiger partial charge in [0, 0.05) is 18.5 Å². The molecule has 154 valence electrons. The summed E-state index contributed by atoms with van der Waals surface area (Å²) < 4.78 is 12.1. The molecule has 0 spiro atoms. The smallest absolute Gasteiger partial charge is 0.125 e. The molecule has 1 fully saturated rings. The van der Waals surface area contributed by atoms with Gasteiger partial charge in [-0.05, 0) is 67.0 Å². The van der Waals surface area contributed by atoms with Crippen LogP contribution in [0, 0.1) is 0 Å². The minimum absolute atomic E-state index is 0.0316. The topological polar surface area (TPSA) is 64.7 Å². The molecule has 0 aromatic heterocycles. The second-order valence-electron chi connectivity index (χ2n) is 8.22. The van der Waals surface area contributed by atoms with Gasteiger partial charge in [-0.2, -0.15) is 0 Å². The molecule has 1 aromatic rings. The van der Waals surface area contributed by atoms with E-state index in [0.29, 0.717) is 26.0 Å². The molecule has 4 nitrogen and oxygen atoms in total. The standard InChI is InChI=1S/C25H31NO3/c1-17-11-22(27)16-25(29-17)23-15-18(7-8-24(23)28-10-9-26)12-19-13-20-5-3-2-4-6-21(20)14-19/h2-3,5,7-8,13-15,17,22,25,27H,4,6,9-12,16,26H2,1H3. The van der Waals surface area contributed by atoms with Gasteiger partial charge in [-0.3, -0.25) is 0 Å². The highest BCUT2D eigenvalue weighted by atomic mass is 16.5. The summed E-state index contributed by atoms with van der Waals surface area (Å²) in [5, 5.41) is 10.2. The van der Waals surface area contributed by atoms with Crippen LogP contribution in [-0.2, 0) is 11.2 Å². The second kappa shape index (κ2) is 9.12. The predicted octanol–water partition coefficient (Wildman–Crippen LogP) is 4.31. The highest BCUT2D eigenvalue weighted by Gasteiger charge is 2.29. The maximum atomic E-state index is 10.2. The van der Waals surface area contributed by atoms with Gasteiger partial charge in [0.2, 0.25) is 0 Å². The maximum absolute atomic E-state index is 10.2. The van der Waals surface area contributed by atoms with Gasteiger partial charge in [-0.25, -0.2) is 0 Å². The van der Waals surface area contributed by atoms with E-state index in [1.165, 1.54) is 22.3 Å². The summed E-state index contributed by atoms with van der Waals surface area (Å²) in [5.74, 6) is 0.808. The molecule has 0 saturated carbocycles. The van der Waals surface area contributed by atoms with E-state index in [9.17, 15) is 5.11 Å². The van der Waals surface area contributed by atoms with Crippen molar-refractivity contribution in [1.82, 2.24) is 0 Å². The van der Waals surface area contributed by atoms with Crippen LogP contribution in [0.3, 0.4) is 0 Å². The van der Waals surface area contributed by atoms with Crippen molar-refractivity contribution in [3.63, 3.8) is 0 Å². The van der Waals surface area contributed by atoms with E-state index in [2.05, 4.69) is 42.5 Å². The van der Waals surface area contributed by atoms with Crippen LogP contribution in [0.25, 0.3) is 0 Å². The highest BCUT2D eigenvalue weighted by molar-refractivity contribution is 5.56. The number of benzene rings is 1. The molecule has 3 unspecified atom stereocenters. The number of rotatable bonds is 6. The molecule has 2 aliphatic carbocycles. The molecule has 4 rings (SSSR count). The average Bonchev–Trinajstić information content (AvgIpc) is 2.94. The molecular weight excluding hydrogens is 362 g/mol. The Bertz CT molecular complexity index is 855. The predicted molar refractivity (Wildman–Crippen MR) is 116 cm³/mol. The highest BCUT2D eigenvalue weighted by Crippen LogP contribution is 2.38. The Labute approximate surface area is 173 Å². The maximum Gasteiger partial charge on any atom is 0.125 e. The lowest BCUT2D eigenvalue weighted by molar-refractivity contribution is -0.0902. The number of ether oxygens (including phenoxy) is 2. The first kappa shape index (κ1) is 20.1. The Morgan fingerprint density at radius 1 is 1.24 bits per heavy atom. The molecular formula is C25H31NO3. The lowest BCUT2D eigenvalue weighted by Gasteiger charge is -2.32. The lowest BCUT2D eigenvalue weighted by Crippen LogP contribution is -2.29. The van der Waals surface area contributed by atoms with Crippen LogP contribution in [0.2, 0.25) is 0 Å². The molecule has 29 heavy (non-hydrogen) atoms. The quantitative estimate of drug-likeness (QED) is 0.756. The zero-order valence-corrected chi connectivity index (χ0v) is 17.1. The minimum Gasteiger partial charge on any atom is -0.492 e. The van der Waals surface area contributed by atoms with Crippen molar-refractivity contribution < 1.29 is 14.6 Å². The average molecular weight is 394 g/mol. The number of aliphatic hydroxyl groups excluding tert-OH is 1. The lowest BCUT2D eigenvalue weighted by atomic mass is 9.93. The summed E-state index contributed by atoms with van der Waals surface area (Å²) in [6.07, 6.45) is 15.1. The van der Waals surface area contributed by atoms with E-state index in [1.807, 2.05) is 13.0 Å². The Morgan fingerprint density at radius 3 is 2.97 bits per heavy atom. The van der Waals surface area contributed by atoms with Crippen molar-refractivity contribution in [1.29, 1.82) is 0 Å². The molecule has 3 N–H and O–H groups in total. The van der Waals surface area contributed by atoms with E-state index in [4.69, 9.17) is 15.2 Å². The van der Waals surface area contributed by atoms with E-state index < -0.39 is 0 Å². The fourth-order valence-electron chi connectivity index (χ4n) is 4.44. The molecule has 4 heteroatoms. The number of nitrogens with two attached hydrogens (primary N) is 1. The van der Waals surface area contributed by atoms with E-state index in [1.54, 1.807) is 0 Å². The summed E-state index contributed by atoms with van der Waals surface area (Å²) in [5.41, 5.74) is 12.0. The van der Waals surface area contributed by atoms with Crippen molar-refractivity contribution in [2.75, 3.05) is 13.2 Å². The molecule has 1 saturated heterocycles. The van der Waals surface area contributed by atoms with Gasteiger partial charge >= 0.3 is 0 Å². The molecule has 1 aromatic carbocycles. The minimum atomic E-state index is -0.343. The van der Waals surface area contributed by atoms with Crippen molar-refractivity contribution in [2.45, 2.75) is 57.3 Å². The summed E-state index contributed by atoms with van der Waals surface area (Å²) >= 11 is 0. The summed E-state index contributed by atoms with van der Waals surface area (Å²) in [7, 11) is 0. The van der Waals surface area contributed by atoms with Crippen molar-refractivity contribution in [3.8, 4) is 5.75 Å². The molecule has 0 radical (unpaired) electrons. The van der Waals surface area contributed by atoms with Gasteiger partial charge in [0.25, 0.3) is 0 Å². The van der Waals surface area contributed by atoms with Crippen LogP contribution >= 0.6 is 0 Å². The molecule has 1 heterocycles. The summed E-state index contributed by atoms with van der Waals surface area (Å²) in [6, 6.07) is 6.33. The van der Waals surface area contributed by atoms with Crippen LogP contribution in [0.4, 0.5) is 0 Å². The van der Waals surface area contributed by atoms with Gasteiger partial charge in [0.1, 0.15) is 12.4 Å². The van der Waals surface area contributed by atoms with Crippen molar-refractivity contribution in [2.24, 2.45) is 5.73 Å². The first-order valence-electron chi connectivity index (χ1n) is 10.7. The second-order valence-corrected chi connectivity index (χ2v) is 8.22. The van der Waals surface area contributed by atoms with Gasteiger partial charge < -0.3 is 20.3 Å². The number of allylic oxidation sites excluding steroid dienone is 8. The monoisotopic (exact) mass is 393 g/mol. The summed E-state index contributed by atoms with van der Waals surface area (Å²) in [6.45, 7) is 2.95. The molecule has 0 amide bonds. The number of hydrogen-bond acceptors (Lipinski definition) is 4. The van der Waals surface area contributed by atoms with E-state index in [0.717, 1.165) is 30.6 Å². The fourth-order valence-corrected chi connectivity index (χ4v) is 4.44. The van der Waals surface area contributed by atoms with Crippen LogP contribution in [0.5, 0.6) is 5.75 Å². The number of fused-ring (bicyclic) bond motifs is 1. The Kier molecular flexibility index (Phi) is 6.34. The third kappa shape index (κ3) is 4.89. The number of hydrogen-bond donors (Lipinski definition) is 2. The Morgan fingerprint density at radius 2 is 2.14 bits per heavy atom. The van der Waals surface area contributed by atoms with Crippen molar-refractivity contribution >= 4 is 0 Å². The van der Waals surface area contributed by atoms with Gasteiger partial charge in [0.05, 0.1) is 18.3 Å². The molecule has 1 aliphatic heterocycles. The van der Waals surface area contributed by atoms with Crippen LogP contribution < -0.4 is 10.5 Å². The third-order valence-electron chi connectivity index (χ3n) is 5.75. The van der Waals surface area contributed by atoms with Gasteiger partial charge in [-0.15, -0.1) is 0 Å². The Hall–Kier alpha value is -2.14. The first-order chi connectivity index (χ1) is 14.1. The van der Waals surface area contributed by atoms with Crippen LogP contribution in [0.1, 0.15) is 49.8 Å². The fraction of sp³-hybridized carbons (Fsp3) is 0.440. The SMILES string of the molecule is CC1CC(O)CC(c2cc(CC3=CC4=CC=CCCC4=C3)ccc2OCCN)O1. The van der Waals surface area contributed by atoms with Gasteiger partial charge in [0.15, 0.2) is 0 Å². The van der Waals surface area contributed by atoms with Gasteiger partial charge in [-0.1, -0.05) is 36.4 Å². The van der Waals surface area contributed by atoms with E-state index >= 15 is 0 Å². The van der Waals surface area contributed by atoms with Crippen molar-refractivity contribution in [3.05, 3.63) is 76.4 Å². The molecule has 0 bridgehead atoms. The van der Waals surface area contributed by atoms with Crippen LogP contribution in [-0.4, -0.2) is 30.5 Å². The Balaban J connectivity index is 1.58. The van der Waals surface area contributed by atoms with E-state index in [-0.39, 0.29) is 18.3 Å². The zero-order valence-electron chi connectivity index (χ0n) is 17.1. The molecule has 3 aliphatic rings. The zero-order chi connectivity index (χ0) is 20.2. The van der Waals surface area contributed by atoms with Crippen LogP contribution in [0.15, 0.2) is 65.3 Å². The normalized spacial score (nSPS) is 26.3. The third-order valence-corrected chi connectivity index (χ3v) is 5.75. The first-order valence-corrected chi connectivity index (χ1v) is 10.7. The largest absolute Gasteiger partial charge is 0.492 e. The number of aliphatic hydroxyl groups is 1. The molecule has 3 atom stereocenters.